The number of hydrogen-bond acceptors (Lipinski definition) is 5. The number of nitrogens with one attached hydrogen (secondary N) is 1. The lowest BCUT2D eigenvalue weighted by Crippen LogP contribution is -2.31. The molecule has 1 amide bonds. The zero-order chi connectivity index (χ0) is 18.1. The number of rotatable bonds is 4. The van der Waals surface area contributed by atoms with Crippen LogP contribution in [0, 0.1) is 13.8 Å². The summed E-state index contributed by atoms with van der Waals surface area (Å²) < 4.78 is 7.45. The number of anilines is 1. The molecule has 1 atom stereocenters. The van der Waals surface area contributed by atoms with E-state index in [2.05, 4.69) is 33.4 Å². The van der Waals surface area contributed by atoms with Crippen LogP contribution in [0.15, 0.2) is 43.0 Å². The Kier molecular flexibility index (Phi) is 4.12. The molecule has 26 heavy (non-hydrogen) atoms. The SMILES string of the molecule is Cc1cc2c(cc1C)O[C@@H](C(=O)Nc1ncn(Cc3cccnc3)n1)C2. The third-order valence-electron chi connectivity index (χ3n) is 4.48. The van der Waals surface area contributed by atoms with Crippen LogP contribution in [-0.4, -0.2) is 31.8 Å². The molecule has 1 aliphatic heterocycles. The van der Waals surface area contributed by atoms with Crippen molar-refractivity contribution in [2.75, 3.05) is 5.32 Å². The van der Waals surface area contributed by atoms with E-state index in [1.807, 2.05) is 25.1 Å². The maximum atomic E-state index is 12.5. The van der Waals surface area contributed by atoms with Crippen LogP contribution < -0.4 is 10.1 Å². The molecule has 7 heteroatoms. The van der Waals surface area contributed by atoms with Gasteiger partial charge in [0.25, 0.3) is 5.91 Å². The van der Waals surface area contributed by atoms with Gasteiger partial charge in [-0.05, 0) is 48.2 Å². The first kappa shape index (κ1) is 16.3. The lowest BCUT2D eigenvalue weighted by molar-refractivity contribution is -0.122. The second kappa shape index (κ2) is 6.59. The van der Waals surface area contributed by atoms with E-state index in [1.165, 1.54) is 5.56 Å². The van der Waals surface area contributed by atoms with Crippen LogP contribution in [0.4, 0.5) is 5.95 Å². The number of benzene rings is 1. The lowest BCUT2D eigenvalue weighted by Gasteiger charge is -2.09. The first-order valence-corrected chi connectivity index (χ1v) is 8.44. The smallest absolute Gasteiger partial charge is 0.268 e. The van der Waals surface area contributed by atoms with Crippen molar-refractivity contribution in [1.29, 1.82) is 0 Å². The minimum atomic E-state index is -0.559. The molecule has 0 radical (unpaired) electrons. The number of carbonyl (C=O) groups is 1. The Morgan fingerprint density at radius 1 is 1.35 bits per heavy atom. The standard InChI is InChI=1S/C19H19N5O2/c1-12-6-15-8-17(26-16(15)7-13(12)2)18(25)22-19-21-11-24(23-19)10-14-4-3-5-20-9-14/h3-7,9,11,17H,8,10H2,1-2H3,(H,22,23,25)/t17-/m1/s1. The van der Waals surface area contributed by atoms with Crippen molar-refractivity contribution in [2.45, 2.75) is 32.9 Å². The van der Waals surface area contributed by atoms with Gasteiger partial charge >= 0.3 is 0 Å². The van der Waals surface area contributed by atoms with Crippen molar-refractivity contribution < 1.29 is 9.53 Å². The van der Waals surface area contributed by atoms with Crippen molar-refractivity contribution in [3.05, 3.63) is 65.2 Å². The summed E-state index contributed by atoms with van der Waals surface area (Å²) >= 11 is 0. The van der Waals surface area contributed by atoms with Gasteiger partial charge in [-0.1, -0.05) is 12.1 Å². The Labute approximate surface area is 151 Å². The number of aryl methyl sites for hydroxylation is 2. The number of carbonyl (C=O) groups excluding carboxylic acids is 1. The molecule has 1 aliphatic rings. The molecule has 2 aromatic heterocycles. The highest BCUT2D eigenvalue weighted by Crippen LogP contribution is 2.31. The average Bonchev–Trinajstić information content (AvgIpc) is 3.23. The molecular formula is C19H19N5O2. The van der Waals surface area contributed by atoms with E-state index in [0.717, 1.165) is 22.4 Å². The summed E-state index contributed by atoms with van der Waals surface area (Å²) in [5.41, 5.74) is 4.42. The highest BCUT2D eigenvalue weighted by atomic mass is 16.5. The molecule has 1 aromatic carbocycles. The van der Waals surface area contributed by atoms with E-state index in [0.29, 0.717) is 13.0 Å². The molecule has 0 saturated carbocycles. The lowest BCUT2D eigenvalue weighted by atomic mass is 10.0. The number of pyridine rings is 1. The topological polar surface area (TPSA) is 81.9 Å². The summed E-state index contributed by atoms with van der Waals surface area (Å²) in [5, 5.41) is 7.02. The van der Waals surface area contributed by atoms with Gasteiger partial charge in [-0.25, -0.2) is 9.67 Å². The third-order valence-corrected chi connectivity index (χ3v) is 4.48. The third kappa shape index (κ3) is 3.28. The quantitative estimate of drug-likeness (QED) is 0.781. The molecular weight excluding hydrogens is 330 g/mol. The van der Waals surface area contributed by atoms with Crippen LogP contribution in [0.25, 0.3) is 0 Å². The fourth-order valence-electron chi connectivity index (χ4n) is 2.96. The van der Waals surface area contributed by atoms with Crippen LogP contribution in [0.2, 0.25) is 0 Å². The van der Waals surface area contributed by atoms with Gasteiger partial charge in [-0.2, -0.15) is 0 Å². The molecule has 0 saturated heterocycles. The summed E-state index contributed by atoms with van der Waals surface area (Å²) in [5.74, 6) is 0.810. The minimum Gasteiger partial charge on any atom is -0.480 e. The number of nitrogens with zero attached hydrogens (tertiary/aromatic N) is 4. The van der Waals surface area contributed by atoms with Crippen LogP contribution in [0.1, 0.15) is 22.3 Å². The second-order valence-electron chi connectivity index (χ2n) is 6.47. The molecule has 132 valence electrons. The summed E-state index contributed by atoms with van der Waals surface area (Å²) in [6, 6.07) is 7.89. The van der Waals surface area contributed by atoms with Gasteiger partial charge in [0.05, 0.1) is 6.54 Å². The normalized spacial score (nSPS) is 15.4. The molecule has 0 bridgehead atoms. The van der Waals surface area contributed by atoms with Crippen LogP contribution in [0.3, 0.4) is 0 Å². The fourth-order valence-corrected chi connectivity index (χ4v) is 2.96. The number of aromatic nitrogens is 4. The first-order valence-electron chi connectivity index (χ1n) is 8.44. The molecule has 0 fully saturated rings. The molecule has 0 spiro atoms. The zero-order valence-electron chi connectivity index (χ0n) is 14.6. The summed E-state index contributed by atoms with van der Waals surface area (Å²) in [6.07, 6.45) is 5.07. The van der Waals surface area contributed by atoms with E-state index in [-0.39, 0.29) is 11.9 Å². The van der Waals surface area contributed by atoms with Gasteiger partial charge in [0.1, 0.15) is 12.1 Å². The van der Waals surface area contributed by atoms with Gasteiger partial charge in [-0.3, -0.25) is 15.1 Å². The molecule has 4 rings (SSSR count). The summed E-state index contributed by atoms with van der Waals surface area (Å²) in [6.45, 7) is 4.63. The Hall–Kier alpha value is -3.22. The van der Waals surface area contributed by atoms with Crippen molar-refractivity contribution in [3.8, 4) is 5.75 Å². The monoisotopic (exact) mass is 349 g/mol. The van der Waals surface area contributed by atoms with Gasteiger partial charge in [-0.15, -0.1) is 5.10 Å². The van der Waals surface area contributed by atoms with E-state index < -0.39 is 6.10 Å². The molecule has 7 nitrogen and oxygen atoms in total. The van der Waals surface area contributed by atoms with Gasteiger partial charge in [0.15, 0.2) is 6.10 Å². The predicted octanol–water partition coefficient (Wildman–Crippen LogP) is 2.28. The van der Waals surface area contributed by atoms with E-state index >= 15 is 0 Å². The molecule has 3 aromatic rings. The molecule has 1 N–H and O–H groups in total. The zero-order valence-corrected chi connectivity index (χ0v) is 14.6. The number of fused-ring (bicyclic) bond motifs is 1. The second-order valence-corrected chi connectivity index (χ2v) is 6.47. The number of amides is 1. The predicted molar refractivity (Wildman–Crippen MR) is 96.0 cm³/mol. The maximum Gasteiger partial charge on any atom is 0.268 e. The van der Waals surface area contributed by atoms with Crippen LogP contribution >= 0.6 is 0 Å². The molecule has 0 aliphatic carbocycles. The van der Waals surface area contributed by atoms with Crippen molar-refractivity contribution >= 4 is 11.9 Å². The van der Waals surface area contributed by atoms with E-state index in [1.54, 1.807) is 23.4 Å². The van der Waals surface area contributed by atoms with Crippen molar-refractivity contribution in [2.24, 2.45) is 0 Å². The molecule has 0 unspecified atom stereocenters. The highest BCUT2D eigenvalue weighted by molar-refractivity contribution is 5.93. The Balaban J connectivity index is 1.40. The van der Waals surface area contributed by atoms with Crippen LogP contribution in [-0.2, 0) is 17.8 Å². The van der Waals surface area contributed by atoms with Crippen molar-refractivity contribution in [1.82, 2.24) is 19.7 Å². The Bertz CT molecular complexity index is 921. The van der Waals surface area contributed by atoms with Gasteiger partial charge in [0.2, 0.25) is 5.95 Å². The van der Waals surface area contributed by atoms with Gasteiger partial charge in [0, 0.05) is 18.8 Å². The number of hydrogen-bond donors (Lipinski definition) is 1. The summed E-state index contributed by atoms with van der Waals surface area (Å²) in [7, 11) is 0. The largest absolute Gasteiger partial charge is 0.480 e. The fraction of sp³-hybridized carbons (Fsp3) is 0.263. The van der Waals surface area contributed by atoms with E-state index in [9.17, 15) is 4.79 Å². The van der Waals surface area contributed by atoms with Crippen LogP contribution in [0.5, 0.6) is 5.75 Å². The first-order chi connectivity index (χ1) is 12.6. The summed E-state index contributed by atoms with van der Waals surface area (Å²) in [4.78, 5) is 20.7. The highest BCUT2D eigenvalue weighted by Gasteiger charge is 2.30. The van der Waals surface area contributed by atoms with E-state index in [4.69, 9.17) is 4.74 Å². The average molecular weight is 349 g/mol. The Morgan fingerprint density at radius 3 is 3.00 bits per heavy atom. The minimum absolute atomic E-state index is 0.240. The molecule has 3 heterocycles. The maximum absolute atomic E-state index is 12.5. The Morgan fingerprint density at radius 2 is 2.19 bits per heavy atom. The number of ether oxygens (including phenoxy) is 1. The van der Waals surface area contributed by atoms with Crippen molar-refractivity contribution in [3.63, 3.8) is 0 Å². The van der Waals surface area contributed by atoms with Gasteiger partial charge < -0.3 is 4.74 Å².